The molecule has 3 aromatic rings. The lowest BCUT2D eigenvalue weighted by Crippen LogP contribution is -2.05. The molecule has 1 N–H and O–H groups in total. The number of rotatable bonds is 5. The third-order valence-electron chi connectivity index (χ3n) is 3.54. The maximum Gasteiger partial charge on any atom is 0.118 e. The molecule has 0 unspecified atom stereocenters. The van der Waals surface area contributed by atoms with Gasteiger partial charge >= 0.3 is 0 Å². The second-order valence-corrected chi connectivity index (χ2v) is 4.90. The average Bonchev–Trinajstić information content (AvgIpc) is 2.56. The second-order valence-electron chi connectivity index (χ2n) is 4.90. The van der Waals surface area contributed by atoms with Gasteiger partial charge < -0.3 is 10.1 Å². The van der Waals surface area contributed by atoms with Crippen molar-refractivity contribution in [2.75, 3.05) is 19.0 Å². The summed E-state index contributed by atoms with van der Waals surface area (Å²) < 4.78 is 5.17. The van der Waals surface area contributed by atoms with E-state index in [-0.39, 0.29) is 0 Å². The Kier molecular flexibility index (Phi) is 4.01. The molecule has 0 aliphatic heterocycles. The zero-order valence-corrected chi connectivity index (χ0v) is 12.0. The molecule has 1 heterocycles. The SMILES string of the molecule is COc1ccc(CCNc2ccnc3ccccc23)cc1. The summed E-state index contributed by atoms with van der Waals surface area (Å²) in [5, 5.41) is 4.66. The van der Waals surface area contributed by atoms with E-state index in [4.69, 9.17) is 4.74 Å². The molecule has 0 bridgehead atoms. The fourth-order valence-corrected chi connectivity index (χ4v) is 2.38. The highest BCUT2D eigenvalue weighted by molar-refractivity contribution is 5.90. The van der Waals surface area contributed by atoms with Crippen LogP contribution in [0.4, 0.5) is 5.69 Å². The van der Waals surface area contributed by atoms with Crippen molar-refractivity contribution in [1.29, 1.82) is 0 Å². The van der Waals surface area contributed by atoms with Gasteiger partial charge in [0.05, 0.1) is 12.6 Å². The Morgan fingerprint density at radius 1 is 1.00 bits per heavy atom. The van der Waals surface area contributed by atoms with Gasteiger partial charge in [-0.2, -0.15) is 0 Å². The van der Waals surface area contributed by atoms with Crippen molar-refractivity contribution in [1.82, 2.24) is 4.98 Å². The van der Waals surface area contributed by atoms with Crippen LogP contribution in [0.15, 0.2) is 60.8 Å². The molecule has 0 aliphatic rings. The van der Waals surface area contributed by atoms with Crippen molar-refractivity contribution in [3.8, 4) is 5.75 Å². The monoisotopic (exact) mass is 278 g/mol. The zero-order valence-electron chi connectivity index (χ0n) is 12.0. The summed E-state index contributed by atoms with van der Waals surface area (Å²) in [6.07, 6.45) is 2.82. The average molecular weight is 278 g/mol. The molecule has 106 valence electrons. The Hall–Kier alpha value is -2.55. The second kappa shape index (κ2) is 6.27. The summed E-state index contributed by atoms with van der Waals surface area (Å²) in [6, 6.07) is 18.4. The number of anilines is 1. The lowest BCUT2D eigenvalue weighted by molar-refractivity contribution is 0.414. The minimum atomic E-state index is 0.889. The Balaban J connectivity index is 1.66. The van der Waals surface area contributed by atoms with Crippen LogP contribution in [0.3, 0.4) is 0 Å². The minimum Gasteiger partial charge on any atom is -0.497 e. The molecule has 0 atom stereocenters. The van der Waals surface area contributed by atoms with E-state index in [0.29, 0.717) is 0 Å². The van der Waals surface area contributed by atoms with Gasteiger partial charge in [-0.15, -0.1) is 0 Å². The highest BCUT2D eigenvalue weighted by atomic mass is 16.5. The summed E-state index contributed by atoms with van der Waals surface area (Å²) in [5.41, 5.74) is 3.45. The summed E-state index contributed by atoms with van der Waals surface area (Å²) in [7, 11) is 1.69. The Bertz CT molecular complexity index is 717. The topological polar surface area (TPSA) is 34.1 Å². The van der Waals surface area contributed by atoms with E-state index in [1.807, 2.05) is 42.6 Å². The van der Waals surface area contributed by atoms with Crippen LogP contribution in [-0.2, 0) is 6.42 Å². The largest absolute Gasteiger partial charge is 0.497 e. The molecule has 3 heteroatoms. The molecule has 1 aromatic heterocycles. The van der Waals surface area contributed by atoms with E-state index in [1.165, 1.54) is 5.56 Å². The number of hydrogen-bond acceptors (Lipinski definition) is 3. The number of nitrogens with zero attached hydrogens (tertiary/aromatic N) is 1. The van der Waals surface area contributed by atoms with Gasteiger partial charge in [-0.05, 0) is 36.2 Å². The number of aromatic nitrogens is 1. The van der Waals surface area contributed by atoms with Crippen molar-refractivity contribution in [2.45, 2.75) is 6.42 Å². The van der Waals surface area contributed by atoms with Crippen molar-refractivity contribution in [2.24, 2.45) is 0 Å². The summed E-state index contributed by atoms with van der Waals surface area (Å²) in [6.45, 7) is 0.889. The number of methoxy groups -OCH3 is 1. The van der Waals surface area contributed by atoms with Gasteiger partial charge in [-0.3, -0.25) is 4.98 Å². The maximum absolute atomic E-state index is 5.17. The molecule has 2 aromatic carbocycles. The van der Waals surface area contributed by atoms with E-state index in [2.05, 4.69) is 28.5 Å². The fourth-order valence-electron chi connectivity index (χ4n) is 2.38. The van der Waals surface area contributed by atoms with Gasteiger partial charge in [-0.1, -0.05) is 30.3 Å². The van der Waals surface area contributed by atoms with Crippen LogP contribution < -0.4 is 10.1 Å². The third-order valence-corrected chi connectivity index (χ3v) is 3.54. The summed E-state index contributed by atoms with van der Waals surface area (Å²) in [5.74, 6) is 0.895. The van der Waals surface area contributed by atoms with Crippen molar-refractivity contribution in [3.63, 3.8) is 0 Å². The van der Waals surface area contributed by atoms with Crippen LogP contribution in [0.25, 0.3) is 10.9 Å². The van der Waals surface area contributed by atoms with E-state index in [1.54, 1.807) is 7.11 Å². The van der Waals surface area contributed by atoms with Crippen molar-refractivity contribution < 1.29 is 4.74 Å². The molecular weight excluding hydrogens is 260 g/mol. The van der Waals surface area contributed by atoms with Crippen LogP contribution in [0.2, 0.25) is 0 Å². The third kappa shape index (κ3) is 3.14. The molecule has 3 nitrogen and oxygen atoms in total. The molecule has 0 spiro atoms. The summed E-state index contributed by atoms with van der Waals surface area (Å²) in [4.78, 5) is 4.37. The Morgan fingerprint density at radius 3 is 2.62 bits per heavy atom. The van der Waals surface area contributed by atoms with E-state index >= 15 is 0 Å². The molecule has 0 radical (unpaired) electrons. The molecule has 0 aliphatic carbocycles. The van der Waals surface area contributed by atoms with Crippen LogP contribution in [0, 0.1) is 0 Å². The number of nitrogens with one attached hydrogen (secondary N) is 1. The quantitative estimate of drug-likeness (QED) is 0.768. The van der Waals surface area contributed by atoms with Gasteiger partial charge in [0.1, 0.15) is 5.75 Å². The van der Waals surface area contributed by atoms with E-state index < -0.39 is 0 Å². The first kappa shape index (κ1) is 13.4. The fraction of sp³-hybridized carbons (Fsp3) is 0.167. The summed E-state index contributed by atoms with van der Waals surface area (Å²) >= 11 is 0. The van der Waals surface area contributed by atoms with Crippen LogP contribution in [-0.4, -0.2) is 18.6 Å². The lowest BCUT2D eigenvalue weighted by atomic mass is 10.1. The number of hydrogen-bond donors (Lipinski definition) is 1. The molecule has 0 saturated heterocycles. The van der Waals surface area contributed by atoms with Crippen molar-refractivity contribution >= 4 is 16.6 Å². The molecule has 0 saturated carbocycles. The molecule has 3 rings (SSSR count). The highest BCUT2D eigenvalue weighted by Gasteiger charge is 2.00. The minimum absolute atomic E-state index is 0.889. The van der Waals surface area contributed by atoms with E-state index in [0.717, 1.165) is 35.3 Å². The van der Waals surface area contributed by atoms with Gasteiger partial charge in [0, 0.05) is 23.8 Å². The van der Waals surface area contributed by atoms with Crippen LogP contribution >= 0.6 is 0 Å². The number of para-hydroxylation sites is 1. The van der Waals surface area contributed by atoms with E-state index in [9.17, 15) is 0 Å². The molecule has 0 fully saturated rings. The number of ether oxygens (including phenoxy) is 1. The molecule has 21 heavy (non-hydrogen) atoms. The van der Waals surface area contributed by atoms with Gasteiger partial charge in [0.2, 0.25) is 0 Å². The smallest absolute Gasteiger partial charge is 0.118 e. The Morgan fingerprint density at radius 2 is 1.81 bits per heavy atom. The molecule has 0 amide bonds. The lowest BCUT2D eigenvalue weighted by Gasteiger charge is -2.09. The number of fused-ring (bicyclic) bond motifs is 1. The normalized spacial score (nSPS) is 10.5. The predicted molar refractivity (Wildman–Crippen MR) is 86.9 cm³/mol. The Labute approximate surface area is 124 Å². The zero-order chi connectivity index (χ0) is 14.5. The first-order chi connectivity index (χ1) is 10.4. The molecular formula is C18H18N2O. The predicted octanol–water partition coefficient (Wildman–Crippen LogP) is 3.90. The van der Waals surface area contributed by atoms with Gasteiger partial charge in [-0.25, -0.2) is 0 Å². The highest BCUT2D eigenvalue weighted by Crippen LogP contribution is 2.21. The number of benzene rings is 2. The van der Waals surface area contributed by atoms with Crippen molar-refractivity contribution in [3.05, 3.63) is 66.4 Å². The first-order valence-corrected chi connectivity index (χ1v) is 7.07. The number of pyridine rings is 1. The van der Waals surface area contributed by atoms with Gasteiger partial charge in [0.25, 0.3) is 0 Å². The standard InChI is InChI=1S/C18H18N2O/c1-21-15-8-6-14(7-9-15)10-12-19-18-11-13-20-17-5-3-2-4-16(17)18/h2-9,11,13H,10,12H2,1H3,(H,19,20). The van der Waals surface area contributed by atoms with Gasteiger partial charge in [0.15, 0.2) is 0 Å². The van der Waals surface area contributed by atoms with Crippen LogP contribution in [0.5, 0.6) is 5.75 Å². The first-order valence-electron chi connectivity index (χ1n) is 7.07. The maximum atomic E-state index is 5.17. The van der Waals surface area contributed by atoms with Crippen LogP contribution in [0.1, 0.15) is 5.56 Å².